The second-order valence-electron chi connectivity index (χ2n) is 5.23. The van der Waals surface area contributed by atoms with Crippen LogP contribution in [-0.2, 0) is 23.9 Å². The van der Waals surface area contributed by atoms with E-state index in [-0.39, 0.29) is 70.6 Å². The van der Waals surface area contributed by atoms with Crippen molar-refractivity contribution < 1.29 is 80.3 Å². The molecule has 0 amide bonds. The summed E-state index contributed by atoms with van der Waals surface area (Å²) in [6.45, 7) is 11.5. The Labute approximate surface area is 179 Å². The van der Waals surface area contributed by atoms with E-state index in [1.54, 1.807) is 20.8 Å². The van der Waals surface area contributed by atoms with Crippen LogP contribution in [0.4, 0.5) is 0 Å². The molecule has 0 aromatic heterocycles. The largest absolute Gasteiger partial charge is 1.00 e. The van der Waals surface area contributed by atoms with Crippen LogP contribution in [0.25, 0.3) is 0 Å². The van der Waals surface area contributed by atoms with Crippen molar-refractivity contribution >= 4 is 17.9 Å². The molecule has 0 saturated carbocycles. The zero-order valence-electron chi connectivity index (χ0n) is 14.3. The molecule has 0 N–H and O–H groups in total. The number of esters is 2. The van der Waals surface area contributed by atoms with Gasteiger partial charge < -0.3 is 19.4 Å². The van der Waals surface area contributed by atoms with Gasteiger partial charge in [-0.15, -0.1) is 0 Å². The first kappa shape index (κ1) is 24.8. The Hall–Kier alpha value is -0.474. The Bertz CT molecular complexity index is 416. The van der Waals surface area contributed by atoms with Crippen molar-refractivity contribution in [3.05, 3.63) is 25.3 Å². The molecule has 2 unspecified atom stereocenters. The molecule has 0 aliphatic carbocycles. The maximum atomic E-state index is 11.6. The molecule has 0 aliphatic heterocycles. The van der Waals surface area contributed by atoms with Gasteiger partial charge >= 0.3 is 63.3 Å². The average Bonchev–Trinajstić information content (AvgIpc) is 2.45. The number of hydrogen-bond donors (Lipinski definition) is 0. The maximum absolute atomic E-state index is 11.6. The fraction of sp³-hybridized carbons (Fsp3) is 0.562. The molecule has 7 heteroatoms. The Morgan fingerprint density at radius 1 is 1.04 bits per heavy atom. The third-order valence-electron chi connectivity index (χ3n) is 3.43. The zero-order chi connectivity index (χ0) is 17.3. The van der Waals surface area contributed by atoms with Gasteiger partial charge in [0.15, 0.2) is 0 Å². The number of carboxylic acid groups (broad SMARTS) is 1. The average molecular weight is 350 g/mol. The minimum absolute atomic E-state index is 0. The van der Waals surface area contributed by atoms with Crippen LogP contribution < -0.4 is 56.5 Å². The number of carbonyl (C=O) groups is 3. The summed E-state index contributed by atoms with van der Waals surface area (Å²) in [7, 11) is 0. The standard InChI is InChI=1S/C16H24O6.K/c1-6-13(17)21-11(4)9-16(8-3,15(19)20)10-12(5)22-14(18)7-2;/h6-7,11-12H,1-2,8-10H2,3-5H3,(H,19,20);/q;+1/p-1. The minimum Gasteiger partial charge on any atom is -0.550 e. The monoisotopic (exact) mass is 350 g/mol. The minimum atomic E-state index is -1.27. The number of carboxylic acids is 1. The Morgan fingerprint density at radius 3 is 1.61 bits per heavy atom. The molecule has 0 bridgehead atoms. The molecule has 0 spiro atoms. The summed E-state index contributed by atoms with van der Waals surface area (Å²) in [5.74, 6) is -2.51. The number of hydrogen-bond acceptors (Lipinski definition) is 6. The molecule has 0 rings (SSSR count). The number of carbonyl (C=O) groups excluding carboxylic acids is 3. The van der Waals surface area contributed by atoms with Crippen molar-refractivity contribution in [3.8, 4) is 0 Å². The molecular weight excluding hydrogens is 327 g/mol. The Morgan fingerprint density at radius 2 is 1.39 bits per heavy atom. The molecule has 0 radical (unpaired) electrons. The van der Waals surface area contributed by atoms with Crippen molar-refractivity contribution in [2.75, 3.05) is 0 Å². The van der Waals surface area contributed by atoms with E-state index in [4.69, 9.17) is 9.47 Å². The second kappa shape index (κ2) is 12.0. The van der Waals surface area contributed by atoms with Crippen LogP contribution >= 0.6 is 0 Å². The molecule has 124 valence electrons. The van der Waals surface area contributed by atoms with Gasteiger partial charge in [0, 0.05) is 23.5 Å². The van der Waals surface area contributed by atoms with Crippen molar-refractivity contribution in [2.24, 2.45) is 5.41 Å². The number of aliphatic carboxylic acids is 1. The van der Waals surface area contributed by atoms with E-state index in [9.17, 15) is 19.5 Å². The zero-order valence-corrected chi connectivity index (χ0v) is 17.4. The van der Waals surface area contributed by atoms with Crippen LogP contribution in [0.15, 0.2) is 25.3 Å². The van der Waals surface area contributed by atoms with E-state index < -0.39 is 35.5 Å². The van der Waals surface area contributed by atoms with E-state index in [1.165, 1.54) is 0 Å². The summed E-state index contributed by atoms with van der Waals surface area (Å²) in [6, 6.07) is 0. The van der Waals surface area contributed by atoms with Crippen molar-refractivity contribution in [3.63, 3.8) is 0 Å². The molecule has 0 aliphatic rings. The third-order valence-corrected chi connectivity index (χ3v) is 3.43. The molecule has 0 fully saturated rings. The van der Waals surface area contributed by atoms with Gasteiger partial charge in [0.05, 0.1) is 0 Å². The molecule has 0 aromatic carbocycles. The quantitative estimate of drug-likeness (QED) is 0.261. The van der Waals surface area contributed by atoms with Gasteiger partial charge in [-0.3, -0.25) is 0 Å². The predicted molar refractivity (Wildman–Crippen MR) is 78.5 cm³/mol. The first-order chi connectivity index (χ1) is 10.2. The molecule has 2 atom stereocenters. The van der Waals surface area contributed by atoms with E-state index in [2.05, 4.69) is 13.2 Å². The summed E-state index contributed by atoms with van der Waals surface area (Å²) in [4.78, 5) is 34.0. The summed E-state index contributed by atoms with van der Waals surface area (Å²) in [5.41, 5.74) is -1.26. The summed E-state index contributed by atoms with van der Waals surface area (Å²) in [6.07, 6.45) is 1.12. The van der Waals surface area contributed by atoms with Crippen LogP contribution in [0, 0.1) is 5.41 Å². The van der Waals surface area contributed by atoms with Gasteiger partial charge in [0.25, 0.3) is 0 Å². The molecule has 0 heterocycles. The number of rotatable bonds is 10. The van der Waals surface area contributed by atoms with E-state index in [1.807, 2.05) is 0 Å². The van der Waals surface area contributed by atoms with Crippen molar-refractivity contribution in [1.29, 1.82) is 0 Å². The SMILES string of the molecule is C=CC(=O)OC(C)CC(CC)(CC(C)OC(=O)C=C)C(=O)[O-].[K+]. The van der Waals surface area contributed by atoms with Gasteiger partial charge in [-0.25, -0.2) is 9.59 Å². The normalized spacial score (nSPS) is 15.1. The van der Waals surface area contributed by atoms with Crippen LogP contribution in [0.5, 0.6) is 0 Å². The van der Waals surface area contributed by atoms with Crippen LogP contribution in [0.3, 0.4) is 0 Å². The maximum Gasteiger partial charge on any atom is 1.00 e. The molecule has 23 heavy (non-hydrogen) atoms. The smallest absolute Gasteiger partial charge is 0.550 e. The Kier molecular flexibility index (Phi) is 12.9. The van der Waals surface area contributed by atoms with E-state index >= 15 is 0 Å². The topological polar surface area (TPSA) is 92.7 Å². The van der Waals surface area contributed by atoms with Gasteiger partial charge in [-0.2, -0.15) is 0 Å². The van der Waals surface area contributed by atoms with Crippen LogP contribution in [0.1, 0.15) is 40.0 Å². The Balaban J connectivity index is 0. The van der Waals surface area contributed by atoms with Crippen molar-refractivity contribution in [1.82, 2.24) is 0 Å². The molecule has 6 nitrogen and oxygen atoms in total. The van der Waals surface area contributed by atoms with Crippen LogP contribution in [-0.4, -0.2) is 30.1 Å². The summed E-state index contributed by atoms with van der Waals surface area (Å²) < 4.78 is 10.0. The first-order valence-electron chi connectivity index (χ1n) is 7.08. The third kappa shape index (κ3) is 8.81. The molecule has 0 aromatic rings. The first-order valence-corrected chi connectivity index (χ1v) is 7.08. The van der Waals surface area contributed by atoms with Gasteiger partial charge in [-0.05, 0) is 33.1 Å². The predicted octanol–water partition coefficient (Wildman–Crippen LogP) is -1.85. The van der Waals surface area contributed by atoms with Gasteiger partial charge in [0.1, 0.15) is 12.2 Å². The second-order valence-corrected chi connectivity index (χ2v) is 5.23. The summed E-state index contributed by atoms with van der Waals surface area (Å²) >= 11 is 0. The summed E-state index contributed by atoms with van der Waals surface area (Å²) in [5, 5.41) is 11.6. The fourth-order valence-corrected chi connectivity index (χ4v) is 2.36. The van der Waals surface area contributed by atoms with Gasteiger partial charge in [0.2, 0.25) is 0 Å². The van der Waals surface area contributed by atoms with Crippen LogP contribution in [0.2, 0.25) is 0 Å². The van der Waals surface area contributed by atoms with Crippen molar-refractivity contribution in [2.45, 2.75) is 52.2 Å². The fourth-order valence-electron chi connectivity index (χ4n) is 2.36. The van der Waals surface area contributed by atoms with E-state index in [0.29, 0.717) is 0 Å². The molecule has 0 saturated heterocycles. The van der Waals surface area contributed by atoms with Gasteiger partial charge in [-0.1, -0.05) is 20.1 Å². The number of ether oxygens (including phenoxy) is 2. The molecular formula is C16H23KO6. The van der Waals surface area contributed by atoms with E-state index in [0.717, 1.165) is 12.2 Å².